The van der Waals surface area contributed by atoms with Crippen LogP contribution in [0.3, 0.4) is 0 Å². The van der Waals surface area contributed by atoms with Gasteiger partial charge in [0.05, 0.1) is 11.4 Å². The van der Waals surface area contributed by atoms with Gasteiger partial charge in [-0.2, -0.15) is 4.31 Å². The Balaban J connectivity index is 1.32. The van der Waals surface area contributed by atoms with Gasteiger partial charge in [0.15, 0.2) is 0 Å². The number of aromatic nitrogens is 1. The molecule has 0 atom stereocenters. The van der Waals surface area contributed by atoms with Crippen molar-refractivity contribution in [3.8, 4) is 5.75 Å². The zero-order valence-corrected chi connectivity index (χ0v) is 18.0. The number of sulfonamides is 1. The standard InChI is InChI=1S/C23H25N3O4S/c27-23(25-14-17-30-21-8-4-6-18-7-5-13-24-22(18)21)19-9-11-20(12-10-19)31(28,29)26-15-2-1-3-16-26/h4-13H,1-3,14-17H2,(H,25,27). The van der Waals surface area contributed by atoms with E-state index in [1.54, 1.807) is 18.3 Å². The topological polar surface area (TPSA) is 88.6 Å². The number of benzene rings is 2. The highest BCUT2D eigenvalue weighted by atomic mass is 32.2. The van der Waals surface area contributed by atoms with E-state index in [4.69, 9.17) is 4.74 Å². The first-order valence-corrected chi connectivity index (χ1v) is 11.8. The second kappa shape index (κ2) is 9.45. The molecule has 1 aliphatic rings. The minimum Gasteiger partial charge on any atom is -0.489 e. The molecule has 2 aromatic carbocycles. The fraction of sp³-hybridized carbons (Fsp3) is 0.304. The number of fused-ring (bicyclic) bond motifs is 1. The molecule has 4 rings (SSSR count). The van der Waals surface area contributed by atoms with E-state index >= 15 is 0 Å². The molecule has 8 heteroatoms. The van der Waals surface area contributed by atoms with Crippen LogP contribution in [-0.2, 0) is 10.0 Å². The van der Waals surface area contributed by atoms with Crippen molar-refractivity contribution in [2.45, 2.75) is 24.2 Å². The first kappa shape index (κ1) is 21.3. The van der Waals surface area contributed by atoms with E-state index in [-0.39, 0.29) is 10.8 Å². The zero-order chi connectivity index (χ0) is 21.7. The van der Waals surface area contributed by atoms with Gasteiger partial charge >= 0.3 is 0 Å². The van der Waals surface area contributed by atoms with Crippen LogP contribution in [0.2, 0.25) is 0 Å². The number of ether oxygens (including phenoxy) is 1. The Morgan fingerprint density at radius 2 is 1.74 bits per heavy atom. The Labute approximate surface area is 182 Å². The predicted octanol–water partition coefficient (Wildman–Crippen LogP) is 3.22. The van der Waals surface area contributed by atoms with Gasteiger partial charge in [-0.3, -0.25) is 9.78 Å². The third-order valence-corrected chi connectivity index (χ3v) is 7.22. The van der Waals surface area contributed by atoms with E-state index < -0.39 is 10.0 Å². The van der Waals surface area contributed by atoms with Crippen molar-refractivity contribution in [3.63, 3.8) is 0 Å². The summed E-state index contributed by atoms with van der Waals surface area (Å²) < 4.78 is 32.7. The third-order valence-electron chi connectivity index (χ3n) is 5.31. The summed E-state index contributed by atoms with van der Waals surface area (Å²) in [6.07, 6.45) is 4.55. The molecule has 0 spiro atoms. The lowest BCUT2D eigenvalue weighted by Crippen LogP contribution is -2.35. The fourth-order valence-corrected chi connectivity index (χ4v) is 5.17. The van der Waals surface area contributed by atoms with Gasteiger partial charge in [-0.05, 0) is 49.2 Å². The predicted molar refractivity (Wildman–Crippen MR) is 119 cm³/mol. The average Bonchev–Trinajstić information content (AvgIpc) is 2.82. The molecule has 0 radical (unpaired) electrons. The van der Waals surface area contributed by atoms with E-state index in [1.807, 2.05) is 30.3 Å². The van der Waals surface area contributed by atoms with Crippen LogP contribution in [0.5, 0.6) is 5.75 Å². The van der Waals surface area contributed by atoms with Crippen LogP contribution in [0.4, 0.5) is 0 Å². The van der Waals surface area contributed by atoms with Crippen LogP contribution in [0.25, 0.3) is 10.9 Å². The Hall–Kier alpha value is -2.97. The molecule has 3 aromatic rings. The normalized spacial score (nSPS) is 15.0. The number of carbonyl (C=O) groups excluding carboxylic acids is 1. The SMILES string of the molecule is O=C(NCCOc1cccc2cccnc12)c1ccc(S(=O)(=O)N2CCCCC2)cc1. The number of piperidine rings is 1. The molecule has 1 aromatic heterocycles. The maximum Gasteiger partial charge on any atom is 0.251 e. The summed E-state index contributed by atoms with van der Waals surface area (Å²) in [7, 11) is -3.50. The van der Waals surface area contributed by atoms with Gasteiger partial charge in [0, 0.05) is 30.2 Å². The van der Waals surface area contributed by atoms with Gasteiger partial charge in [-0.1, -0.05) is 24.6 Å². The summed E-state index contributed by atoms with van der Waals surface area (Å²) in [4.78, 5) is 17.0. The Kier molecular flexibility index (Phi) is 6.48. The van der Waals surface area contributed by atoms with Crippen molar-refractivity contribution in [1.82, 2.24) is 14.6 Å². The molecule has 1 N–H and O–H groups in total. The molecule has 1 aliphatic heterocycles. The second-order valence-corrected chi connectivity index (χ2v) is 9.36. The third kappa shape index (κ3) is 4.86. The smallest absolute Gasteiger partial charge is 0.251 e. The average molecular weight is 440 g/mol. The first-order valence-electron chi connectivity index (χ1n) is 10.4. The van der Waals surface area contributed by atoms with Crippen LogP contribution < -0.4 is 10.1 Å². The second-order valence-electron chi connectivity index (χ2n) is 7.42. The van der Waals surface area contributed by atoms with Crippen molar-refractivity contribution in [1.29, 1.82) is 0 Å². The lowest BCUT2D eigenvalue weighted by molar-refractivity contribution is 0.0947. The van der Waals surface area contributed by atoms with Crippen LogP contribution in [0, 0.1) is 0 Å². The van der Waals surface area contributed by atoms with Crippen molar-refractivity contribution < 1.29 is 17.9 Å². The molecule has 0 unspecified atom stereocenters. The van der Waals surface area contributed by atoms with E-state index in [2.05, 4.69) is 10.3 Å². The molecule has 1 fully saturated rings. The molecule has 162 valence electrons. The molecule has 1 amide bonds. The minimum atomic E-state index is -3.50. The molecule has 31 heavy (non-hydrogen) atoms. The lowest BCUT2D eigenvalue weighted by Gasteiger charge is -2.25. The molecule has 7 nitrogen and oxygen atoms in total. The zero-order valence-electron chi connectivity index (χ0n) is 17.2. The highest BCUT2D eigenvalue weighted by Gasteiger charge is 2.25. The number of hydrogen-bond donors (Lipinski definition) is 1. The number of carbonyl (C=O) groups is 1. The lowest BCUT2D eigenvalue weighted by atomic mass is 10.2. The summed E-state index contributed by atoms with van der Waals surface area (Å²) in [5.74, 6) is 0.390. The van der Waals surface area contributed by atoms with Crippen LogP contribution in [-0.4, -0.2) is 49.9 Å². The quantitative estimate of drug-likeness (QED) is 0.571. The number of nitrogens with zero attached hydrogens (tertiary/aromatic N) is 2. The number of pyridine rings is 1. The molecule has 0 bridgehead atoms. The summed E-state index contributed by atoms with van der Waals surface area (Å²) in [5.41, 5.74) is 1.19. The van der Waals surface area contributed by atoms with Crippen LogP contribution >= 0.6 is 0 Å². The summed E-state index contributed by atoms with van der Waals surface area (Å²) in [6, 6.07) is 15.6. The summed E-state index contributed by atoms with van der Waals surface area (Å²) >= 11 is 0. The highest BCUT2D eigenvalue weighted by Crippen LogP contribution is 2.23. The van der Waals surface area contributed by atoms with E-state index in [9.17, 15) is 13.2 Å². The Bertz CT molecular complexity index is 1150. The van der Waals surface area contributed by atoms with Gasteiger partial charge in [-0.15, -0.1) is 0 Å². The Morgan fingerprint density at radius 3 is 2.52 bits per heavy atom. The molecule has 0 saturated carbocycles. The van der Waals surface area contributed by atoms with Crippen LogP contribution in [0.15, 0.2) is 65.7 Å². The van der Waals surface area contributed by atoms with E-state index in [0.29, 0.717) is 37.6 Å². The van der Waals surface area contributed by atoms with Gasteiger partial charge in [0.25, 0.3) is 5.91 Å². The van der Waals surface area contributed by atoms with Crippen molar-refractivity contribution >= 4 is 26.8 Å². The summed E-state index contributed by atoms with van der Waals surface area (Å²) in [6.45, 7) is 1.71. The molecular formula is C23H25N3O4S. The summed E-state index contributed by atoms with van der Waals surface area (Å²) in [5, 5.41) is 3.78. The van der Waals surface area contributed by atoms with E-state index in [0.717, 1.165) is 30.2 Å². The van der Waals surface area contributed by atoms with Crippen molar-refractivity contribution in [2.24, 2.45) is 0 Å². The molecule has 0 aliphatic carbocycles. The maximum atomic E-state index is 12.7. The van der Waals surface area contributed by atoms with Gasteiger partial charge in [0.1, 0.15) is 17.9 Å². The molecular weight excluding hydrogens is 414 g/mol. The van der Waals surface area contributed by atoms with Gasteiger partial charge < -0.3 is 10.1 Å². The fourth-order valence-electron chi connectivity index (χ4n) is 3.65. The van der Waals surface area contributed by atoms with Gasteiger partial charge in [-0.25, -0.2) is 8.42 Å². The highest BCUT2D eigenvalue weighted by molar-refractivity contribution is 7.89. The number of hydrogen-bond acceptors (Lipinski definition) is 5. The van der Waals surface area contributed by atoms with Crippen LogP contribution in [0.1, 0.15) is 29.6 Å². The Morgan fingerprint density at radius 1 is 1.00 bits per heavy atom. The molecule has 1 saturated heterocycles. The largest absolute Gasteiger partial charge is 0.489 e. The molecule has 2 heterocycles. The number of nitrogens with one attached hydrogen (secondary N) is 1. The monoisotopic (exact) mass is 439 g/mol. The first-order chi connectivity index (χ1) is 15.1. The van der Waals surface area contributed by atoms with Crippen molar-refractivity contribution in [2.75, 3.05) is 26.2 Å². The number of amides is 1. The van der Waals surface area contributed by atoms with Crippen molar-refractivity contribution in [3.05, 3.63) is 66.4 Å². The minimum absolute atomic E-state index is 0.220. The number of para-hydroxylation sites is 1. The van der Waals surface area contributed by atoms with E-state index in [1.165, 1.54) is 16.4 Å². The number of rotatable bonds is 7. The van der Waals surface area contributed by atoms with Gasteiger partial charge in [0.2, 0.25) is 10.0 Å². The maximum absolute atomic E-state index is 12.7.